The fourth-order valence-electron chi connectivity index (χ4n) is 0.982. The molecular formula is C12H21NO. The molecule has 0 atom stereocenters. The van der Waals surface area contributed by atoms with Gasteiger partial charge in [-0.1, -0.05) is 32.9 Å². The number of rotatable bonds is 4. The van der Waals surface area contributed by atoms with Crippen molar-refractivity contribution >= 4 is 0 Å². The summed E-state index contributed by atoms with van der Waals surface area (Å²) < 4.78 is 5.44. The lowest BCUT2D eigenvalue weighted by Crippen LogP contribution is -1.98. The first-order valence-electron chi connectivity index (χ1n) is 5.28. The van der Waals surface area contributed by atoms with Crippen molar-refractivity contribution in [1.29, 1.82) is 0 Å². The molecule has 0 aromatic heterocycles. The van der Waals surface area contributed by atoms with Gasteiger partial charge in [-0.25, -0.2) is 0 Å². The number of benzene rings is 1. The van der Waals surface area contributed by atoms with Gasteiger partial charge in [0.05, 0.1) is 6.61 Å². The van der Waals surface area contributed by atoms with Crippen LogP contribution in [0, 0.1) is 0 Å². The van der Waals surface area contributed by atoms with Gasteiger partial charge in [-0.05, 0) is 24.1 Å². The highest BCUT2D eigenvalue weighted by molar-refractivity contribution is 5.28. The van der Waals surface area contributed by atoms with Gasteiger partial charge in [0.25, 0.3) is 0 Å². The Labute approximate surface area is 87.1 Å². The van der Waals surface area contributed by atoms with Crippen LogP contribution in [0.15, 0.2) is 24.3 Å². The van der Waals surface area contributed by atoms with Crippen LogP contribution >= 0.6 is 0 Å². The molecule has 0 saturated carbocycles. The second kappa shape index (κ2) is 8.57. The SMILES string of the molecule is CC.CCCOc1cccc(CN)c1. The van der Waals surface area contributed by atoms with E-state index in [0.29, 0.717) is 6.54 Å². The van der Waals surface area contributed by atoms with Crippen LogP contribution in [0.4, 0.5) is 0 Å². The van der Waals surface area contributed by atoms with Gasteiger partial charge in [0.15, 0.2) is 0 Å². The largest absolute Gasteiger partial charge is 0.494 e. The van der Waals surface area contributed by atoms with E-state index >= 15 is 0 Å². The molecule has 0 aliphatic rings. The lowest BCUT2D eigenvalue weighted by Gasteiger charge is -2.05. The molecule has 1 rings (SSSR count). The molecule has 0 spiro atoms. The molecule has 0 bridgehead atoms. The summed E-state index contributed by atoms with van der Waals surface area (Å²) in [6.45, 7) is 7.43. The Balaban J connectivity index is 0.000000791. The van der Waals surface area contributed by atoms with Gasteiger partial charge < -0.3 is 10.5 Å². The minimum atomic E-state index is 0.573. The van der Waals surface area contributed by atoms with Crippen molar-refractivity contribution < 1.29 is 4.74 Å². The van der Waals surface area contributed by atoms with E-state index in [9.17, 15) is 0 Å². The smallest absolute Gasteiger partial charge is 0.119 e. The molecule has 1 aromatic carbocycles. The van der Waals surface area contributed by atoms with Crippen LogP contribution in [0.3, 0.4) is 0 Å². The van der Waals surface area contributed by atoms with Gasteiger partial charge in [-0.2, -0.15) is 0 Å². The third-order valence-corrected chi connectivity index (χ3v) is 1.61. The zero-order chi connectivity index (χ0) is 10.8. The minimum Gasteiger partial charge on any atom is -0.494 e. The molecule has 0 aliphatic heterocycles. The predicted molar refractivity (Wildman–Crippen MR) is 61.5 cm³/mol. The van der Waals surface area contributed by atoms with E-state index < -0.39 is 0 Å². The fourth-order valence-corrected chi connectivity index (χ4v) is 0.982. The van der Waals surface area contributed by atoms with Crippen molar-refractivity contribution in [3.63, 3.8) is 0 Å². The summed E-state index contributed by atoms with van der Waals surface area (Å²) in [4.78, 5) is 0. The predicted octanol–water partition coefficient (Wildman–Crippen LogP) is 2.96. The first-order chi connectivity index (χ1) is 6.86. The van der Waals surface area contributed by atoms with Crippen molar-refractivity contribution in [3.05, 3.63) is 29.8 Å². The minimum absolute atomic E-state index is 0.573. The maximum Gasteiger partial charge on any atom is 0.119 e. The van der Waals surface area contributed by atoms with E-state index in [2.05, 4.69) is 6.92 Å². The van der Waals surface area contributed by atoms with Crippen LogP contribution in [-0.4, -0.2) is 6.61 Å². The van der Waals surface area contributed by atoms with Crippen LogP contribution in [0.1, 0.15) is 32.8 Å². The van der Waals surface area contributed by atoms with E-state index in [-0.39, 0.29) is 0 Å². The number of ether oxygens (including phenoxy) is 1. The summed E-state index contributed by atoms with van der Waals surface area (Å²) in [7, 11) is 0. The molecule has 2 nitrogen and oxygen atoms in total. The zero-order valence-corrected chi connectivity index (χ0v) is 9.42. The van der Waals surface area contributed by atoms with Crippen molar-refractivity contribution in [3.8, 4) is 5.75 Å². The van der Waals surface area contributed by atoms with Crippen LogP contribution in [0.5, 0.6) is 5.75 Å². The molecule has 0 heterocycles. The second-order valence-corrected chi connectivity index (χ2v) is 2.70. The highest BCUT2D eigenvalue weighted by Gasteiger charge is 1.93. The van der Waals surface area contributed by atoms with Crippen molar-refractivity contribution in [1.82, 2.24) is 0 Å². The highest BCUT2D eigenvalue weighted by atomic mass is 16.5. The Kier molecular flexibility index (Phi) is 7.95. The van der Waals surface area contributed by atoms with E-state index in [4.69, 9.17) is 10.5 Å². The molecule has 0 saturated heterocycles. The summed E-state index contributed by atoms with van der Waals surface area (Å²) in [6, 6.07) is 7.90. The van der Waals surface area contributed by atoms with Crippen molar-refractivity contribution in [2.24, 2.45) is 5.73 Å². The Bertz CT molecular complexity index is 236. The molecule has 80 valence electrons. The van der Waals surface area contributed by atoms with Crippen LogP contribution in [-0.2, 0) is 6.54 Å². The molecule has 14 heavy (non-hydrogen) atoms. The van der Waals surface area contributed by atoms with Crippen molar-refractivity contribution in [2.75, 3.05) is 6.61 Å². The summed E-state index contributed by atoms with van der Waals surface area (Å²) in [5.41, 5.74) is 6.61. The highest BCUT2D eigenvalue weighted by Crippen LogP contribution is 2.12. The molecule has 0 amide bonds. The summed E-state index contributed by atoms with van der Waals surface area (Å²) in [5.74, 6) is 0.916. The maximum atomic E-state index is 5.49. The molecule has 0 radical (unpaired) electrons. The Morgan fingerprint density at radius 2 is 2.00 bits per heavy atom. The van der Waals surface area contributed by atoms with E-state index in [0.717, 1.165) is 24.3 Å². The summed E-state index contributed by atoms with van der Waals surface area (Å²) in [6.07, 6.45) is 1.03. The third kappa shape index (κ3) is 4.87. The van der Waals surface area contributed by atoms with E-state index in [1.807, 2.05) is 38.1 Å². The molecule has 2 N–H and O–H groups in total. The van der Waals surface area contributed by atoms with E-state index in [1.165, 1.54) is 0 Å². The van der Waals surface area contributed by atoms with Crippen molar-refractivity contribution in [2.45, 2.75) is 33.7 Å². The lowest BCUT2D eigenvalue weighted by molar-refractivity contribution is 0.317. The number of hydrogen-bond donors (Lipinski definition) is 1. The number of nitrogens with two attached hydrogens (primary N) is 1. The standard InChI is InChI=1S/C10H15NO.C2H6/c1-2-6-12-10-5-3-4-9(7-10)8-11;1-2/h3-5,7H,2,6,8,11H2,1H3;1-2H3. The Hall–Kier alpha value is -1.02. The van der Waals surface area contributed by atoms with Gasteiger partial charge >= 0.3 is 0 Å². The number of hydrogen-bond acceptors (Lipinski definition) is 2. The van der Waals surface area contributed by atoms with Gasteiger partial charge in [-0.15, -0.1) is 0 Å². The Morgan fingerprint density at radius 3 is 2.57 bits per heavy atom. The zero-order valence-electron chi connectivity index (χ0n) is 9.42. The van der Waals surface area contributed by atoms with Gasteiger partial charge in [0, 0.05) is 6.54 Å². The second-order valence-electron chi connectivity index (χ2n) is 2.70. The van der Waals surface area contributed by atoms with Gasteiger partial charge in [0.2, 0.25) is 0 Å². The first kappa shape index (κ1) is 13.0. The summed E-state index contributed by atoms with van der Waals surface area (Å²) >= 11 is 0. The summed E-state index contributed by atoms with van der Waals surface area (Å²) in [5, 5.41) is 0. The van der Waals surface area contributed by atoms with Crippen LogP contribution < -0.4 is 10.5 Å². The van der Waals surface area contributed by atoms with Gasteiger partial charge in [0.1, 0.15) is 5.75 Å². The Morgan fingerprint density at radius 1 is 1.29 bits per heavy atom. The average Bonchev–Trinajstić information content (AvgIpc) is 2.29. The van der Waals surface area contributed by atoms with Crippen LogP contribution in [0.2, 0.25) is 0 Å². The van der Waals surface area contributed by atoms with Gasteiger partial charge in [-0.3, -0.25) is 0 Å². The molecule has 0 fully saturated rings. The van der Waals surface area contributed by atoms with E-state index in [1.54, 1.807) is 0 Å². The molecule has 2 heteroatoms. The molecule has 1 aromatic rings. The topological polar surface area (TPSA) is 35.2 Å². The monoisotopic (exact) mass is 195 g/mol. The average molecular weight is 195 g/mol. The third-order valence-electron chi connectivity index (χ3n) is 1.61. The maximum absolute atomic E-state index is 5.49. The molecule has 0 unspecified atom stereocenters. The lowest BCUT2D eigenvalue weighted by atomic mass is 10.2. The quantitative estimate of drug-likeness (QED) is 0.801. The molecular weight excluding hydrogens is 174 g/mol. The fraction of sp³-hybridized carbons (Fsp3) is 0.500. The van der Waals surface area contributed by atoms with Crippen LogP contribution in [0.25, 0.3) is 0 Å². The normalized spacial score (nSPS) is 8.86. The molecule has 0 aliphatic carbocycles. The first-order valence-corrected chi connectivity index (χ1v) is 5.28.